The van der Waals surface area contributed by atoms with Crippen molar-refractivity contribution in [1.82, 2.24) is 19.9 Å². The lowest BCUT2D eigenvalue weighted by molar-refractivity contribution is 0.114. The molecule has 0 radical (unpaired) electrons. The van der Waals surface area contributed by atoms with E-state index in [0.29, 0.717) is 13.1 Å². The maximum absolute atomic E-state index is 11.3. The highest BCUT2D eigenvalue weighted by Gasteiger charge is 2.33. The molecule has 7 heteroatoms. The average Bonchev–Trinajstić information content (AvgIpc) is 2.82. The van der Waals surface area contributed by atoms with Crippen molar-refractivity contribution in [2.75, 3.05) is 18.0 Å². The highest BCUT2D eigenvalue weighted by Crippen LogP contribution is 2.29. The first-order valence-corrected chi connectivity index (χ1v) is 7.04. The van der Waals surface area contributed by atoms with Crippen LogP contribution in [0, 0.1) is 6.92 Å². The van der Waals surface area contributed by atoms with E-state index in [0.717, 1.165) is 22.4 Å². The van der Waals surface area contributed by atoms with E-state index < -0.39 is 6.09 Å². The van der Waals surface area contributed by atoms with Gasteiger partial charge in [0.1, 0.15) is 17.8 Å². The number of nitrogens with zero attached hydrogens (tertiary/aromatic N) is 4. The van der Waals surface area contributed by atoms with Gasteiger partial charge in [-0.1, -0.05) is 0 Å². The number of piperazine rings is 1. The molecular formula is C14H19N5O2. The van der Waals surface area contributed by atoms with Crippen molar-refractivity contribution in [3.63, 3.8) is 0 Å². The Labute approximate surface area is 122 Å². The number of rotatable bonds is 1. The number of anilines is 1. The minimum absolute atomic E-state index is 0.0667. The van der Waals surface area contributed by atoms with Gasteiger partial charge in [0.15, 0.2) is 0 Å². The average molecular weight is 289 g/mol. The summed E-state index contributed by atoms with van der Waals surface area (Å²) in [6.45, 7) is 7.08. The molecule has 2 aromatic rings. The van der Waals surface area contributed by atoms with Crippen LogP contribution in [0.25, 0.3) is 11.0 Å². The number of hydrogen-bond donors (Lipinski definition) is 2. The molecule has 2 atom stereocenters. The zero-order chi connectivity index (χ0) is 15.1. The van der Waals surface area contributed by atoms with Gasteiger partial charge in [-0.05, 0) is 26.3 Å². The molecule has 2 aromatic heterocycles. The minimum atomic E-state index is -0.861. The van der Waals surface area contributed by atoms with Crippen molar-refractivity contribution >= 4 is 22.9 Å². The third-order valence-electron chi connectivity index (χ3n) is 4.15. The Balaban J connectivity index is 2.00. The van der Waals surface area contributed by atoms with Crippen LogP contribution in [-0.2, 0) is 0 Å². The lowest BCUT2D eigenvalue weighted by atomic mass is 10.1. The highest BCUT2D eigenvalue weighted by molar-refractivity contribution is 5.90. The zero-order valence-corrected chi connectivity index (χ0v) is 12.4. The number of aryl methyl sites for hydroxylation is 1. The molecule has 1 saturated heterocycles. The van der Waals surface area contributed by atoms with Crippen LogP contribution in [0.4, 0.5) is 10.6 Å². The molecule has 0 spiro atoms. The van der Waals surface area contributed by atoms with Crippen molar-refractivity contribution in [2.45, 2.75) is 32.9 Å². The first-order valence-electron chi connectivity index (χ1n) is 7.04. The zero-order valence-electron chi connectivity index (χ0n) is 12.4. The molecular weight excluding hydrogens is 270 g/mol. The van der Waals surface area contributed by atoms with Gasteiger partial charge in [0.25, 0.3) is 0 Å². The molecule has 0 aromatic carbocycles. The Morgan fingerprint density at radius 3 is 2.81 bits per heavy atom. The summed E-state index contributed by atoms with van der Waals surface area (Å²) in [5.41, 5.74) is 1.92. The lowest BCUT2D eigenvalue weighted by Crippen LogP contribution is -2.58. The van der Waals surface area contributed by atoms with Crippen LogP contribution in [0.15, 0.2) is 12.5 Å². The van der Waals surface area contributed by atoms with E-state index in [-0.39, 0.29) is 12.1 Å². The molecule has 3 heterocycles. The Morgan fingerprint density at radius 1 is 1.33 bits per heavy atom. The molecule has 1 aliphatic heterocycles. The molecule has 1 aliphatic rings. The van der Waals surface area contributed by atoms with Gasteiger partial charge in [-0.25, -0.2) is 14.8 Å². The van der Waals surface area contributed by atoms with E-state index in [1.165, 1.54) is 4.90 Å². The third-order valence-corrected chi connectivity index (χ3v) is 4.15. The molecule has 7 nitrogen and oxygen atoms in total. The Kier molecular flexibility index (Phi) is 3.19. The Bertz CT molecular complexity index is 683. The van der Waals surface area contributed by atoms with Crippen LogP contribution in [0.2, 0.25) is 0 Å². The van der Waals surface area contributed by atoms with Gasteiger partial charge in [-0.3, -0.25) is 0 Å². The van der Waals surface area contributed by atoms with Gasteiger partial charge in [0.05, 0.1) is 5.39 Å². The topological polar surface area (TPSA) is 85.4 Å². The number of H-pyrrole nitrogens is 1. The number of amides is 1. The number of fused-ring (bicyclic) bond motifs is 1. The molecule has 0 bridgehead atoms. The quantitative estimate of drug-likeness (QED) is 0.836. The second-order valence-corrected chi connectivity index (χ2v) is 5.68. The van der Waals surface area contributed by atoms with Crippen LogP contribution in [0.1, 0.15) is 19.4 Å². The van der Waals surface area contributed by atoms with Gasteiger partial charge in [0, 0.05) is 31.4 Å². The standard InChI is InChI=1S/C14H19N5O2/c1-8-4-15-12-11(8)13(17-7-16-12)18-5-10(3)19(14(20)21)6-9(18)2/h4,7,9-10H,5-6H2,1-3H3,(H,20,21)(H,15,16,17). The normalized spacial score (nSPS) is 22.8. The number of carbonyl (C=O) groups is 1. The molecule has 0 aliphatic carbocycles. The fourth-order valence-corrected chi connectivity index (χ4v) is 3.00. The van der Waals surface area contributed by atoms with E-state index in [1.807, 2.05) is 27.0 Å². The predicted molar refractivity (Wildman–Crippen MR) is 79.6 cm³/mol. The second kappa shape index (κ2) is 4.91. The Hall–Kier alpha value is -2.31. The molecule has 2 unspecified atom stereocenters. The lowest BCUT2D eigenvalue weighted by Gasteiger charge is -2.43. The van der Waals surface area contributed by atoms with E-state index in [2.05, 4.69) is 19.9 Å². The molecule has 1 amide bonds. The van der Waals surface area contributed by atoms with E-state index in [1.54, 1.807) is 6.33 Å². The summed E-state index contributed by atoms with van der Waals surface area (Å²) >= 11 is 0. The van der Waals surface area contributed by atoms with Crippen molar-refractivity contribution in [1.29, 1.82) is 0 Å². The predicted octanol–water partition coefficient (Wildman–Crippen LogP) is 1.84. The summed E-state index contributed by atoms with van der Waals surface area (Å²) < 4.78 is 0. The van der Waals surface area contributed by atoms with Crippen LogP contribution in [0.5, 0.6) is 0 Å². The summed E-state index contributed by atoms with van der Waals surface area (Å²) in [5, 5.41) is 10.3. The van der Waals surface area contributed by atoms with Crippen molar-refractivity contribution in [2.24, 2.45) is 0 Å². The van der Waals surface area contributed by atoms with Gasteiger partial charge in [0.2, 0.25) is 0 Å². The van der Waals surface area contributed by atoms with Crippen molar-refractivity contribution in [3.05, 3.63) is 18.1 Å². The number of aromatic amines is 1. The second-order valence-electron chi connectivity index (χ2n) is 5.68. The van der Waals surface area contributed by atoms with Crippen molar-refractivity contribution in [3.8, 4) is 0 Å². The fourth-order valence-electron chi connectivity index (χ4n) is 3.00. The minimum Gasteiger partial charge on any atom is -0.465 e. The van der Waals surface area contributed by atoms with Crippen molar-refractivity contribution < 1.29 is 9.90 Å². The SMILES string of the molecule is Cc1c[nH]c2ncnc(N3CC(C)N(C(=O)O)CC3C)c12. The summed E-state index contributed by atoms with van der Waals surface area (Å²) in [6.07, 6.45) is 2.61. The Morgan fingerprint density at radius 2 is 2.10 bits per heavy atom. The molecule has 112 valence electrons. The monoisotopic (exact) mass is 289 g/mol. The number of aromatic nitrogens is 3. The molecule has 21 heavy (non-hydrogen) atoms. The largest absolute Gasteiger partial charge is 0.465 e. The van der Waals surface area contributed by atoms with Gasteiger partial charge in [-0.15, -0.1) is 0 Å². The van der Waals surface area contributed by atoms with Crippen LogP contribution in [-0.4, -0.2) is 56.2 Å². The molecule has 2 N–H and O–H groups in total. The van der Waals surface area contributed by atoms with Crippen LogP contribution >= 0.6 is 0 Å². The van der Waals surface area contributed by atoms with Gasteiger partial charge < -0.3 is 19.9 Å². The fraction of sp³-hybridized carbons (Fsp3) is 0.500. The summed E-state index contributed by atoms with van der Waals surface area (Å²) in [7, 11) is 0. The first-order chi connectivity index (χ1) is 9.99. The van der Waals surface area contributed by atoms with E-state index in [4.69, 9.17) is 0 Å². The van der Waals surface area contributed by atoms with E-state index in [9.17, 15) is 9.90 Å². The molecule has 3 rings (SSSR count). The van der Waals surface area contributed by atoms with E-state index >= 15 is 0 Å². The maximum atomic E-state index is 11.3. The molecule has 0 saturated carbocycles. The smallest absolute Gasteiger partial charge is 0.407 e. The van der Waals surface area contributed by atoms with Crippen LogP contribution < -0.4 is 4.90 Å². The maximum Gasteiger partial charge on any atom is 0.407 e. The number of hydrogen-bond acceptors (Lipinski definition) is 4. The van der Waals surface area contributed by atoms with Gasteiger partial charge in [-0.2, -0.15) is 0 Å². The summed E-state index contributed by atoms with van der Waals surface area (Å²) in [6, 6.07) is 0.00710. The summed E-state index contributed by atoms with van der Waals surface area (Å²) in [5.74, 6) is 0.878. The first kappa shape index (κ1) is 13.7. The van der Waals surface area contributed by atoms with Crippen LogP contribution in [0.3, 0.4) is 0 Å². The highest BCUT2D eigenvalue weighted by atomic mass is 16.4. The molecule has 1 fully saturated rings. The van der Waals surface area contributed by atoms with Gasteiger partial charge >= 0.3 is 6.09 Å². The number of nitrogens with one attached hydrogen (secondary N) is 1. The number of carboxylic acid groups (broad SMARTS) is 1. The summed E-state index contributed by atoms with van der Waals surface area (Å²) in [4.78, 5) is 26.8. The third kappa shape index (κ3) is 2.18.